The fourth-order valence-corrected chi connectivity index (χ4v) is 8.43. The van der Waals surface area contributed by atoms with E-state index in [0.717, 1.165) is 47.0 Å². The van der Waals surface area contributed by atoms with Crippen LogP contribution in [0.3, 0.4) is 0 Å². The van der Waals surface area contributed by atoms with Crippen molar-refractivity contribution in [1.82, 2.24) is 0 Å². The predicted molar refractivity (Wildman–Crippen MR) is 228 cm³/mol. The molecule has 4 heteroatoms. The molecule has 0 saturated carbocycles. The van der Waals surface area contributed by atoms with E-state index in [1.54, 1.807) is 0 Å². The number of nitriles is 1. The summed E-state index contributed by atoms with van der Waals surface area (Å²) >= 11 is 0. The Hall–Kier alpha value is -6.62. The molecule has 0 heterocycles. The summed E-state index contributed by atoms with van der Waals surface area (Å²) < 4.78 is 0. The van der Waals surface area contributed by atoms with E-state index in [4.69, 9.17) is 6.57 Å². The molecule has 8 aromatic rings. The highest BCUT2D eigenvalue weighted by Gasteiger charge is 2.25. The summed E-state index contributed by atoms with van der Waals surface area (Å²) in [6.07, 6.45) is 1.76. The van der Waals surface area contributed by atoms with Crippen LogP contribution in [0.5, 0.6) is 0 Å². The Kier molecular flexibility index (Phi) is 8.77. The van der Waals surface area contributed by atoms with Gasteiger partial charge in [0, 0.05) is 33.5 Å². The highest BCUT2D eigenvalue weighted by Crippen LogP contribution is 2.50. The average Bonchev–Trinajstić information content (AvgIpc) is 3.17. The third kappa shape index (κ3) is 5.87. The van der Waals surface area contributed by atoms with E-state index in [-0.39, 0.29) is 0 Å². The molecule has 0 spiro atoms. The number of nitrogens with zero attached hydrogens (tertiary/aromatic N) is 4. The SMILES string of the molecule is [C-]#[N+]c1ccc(N(c2cc(C)cc(C)c2)c2cc(CC)c3ccc4c(N(c5ccc(C#N)cc5)c5cc(C)cc(C)c5)cc(CC)c5ccc2c3c54)cc1. The summed E-state index contributed by atoms with van der Waals surface area (Å²) in [5.74, 6) is 0. The molecule has 0 N–H and O–H groups in total. The van der Waals surface area contributed by atoms with Crippen molar-refractivity contribution in [1.29, 1.82) is 5.26 Å². The van der Waals surface area contributed by atoms with Gasteiger partial charge in [-0.25, -0.2) is 4.85 Å². The van der Waals surface area contributed by atoms with Crippen molar-refractivity contribution in [2.24, 2.45) is 0 Å². The quantitative estimate of drug-likeness (QED) is 0.117. The molecule has 0 aliphatic rings. The van der Waals surface area contributed by atoms with Gasteiger partial charge >= 0.3 is 0 Å². The monoisotopic (exact) mass is 698 g/mol. The van der Waals surface area contributed by atoms with Gasteiger partial charge in [0.05, 0.1) is 29.6 Å². The molecule has 8 rings (SSSR count). The maximum absolute atomic E-state index is 9.66. The number of rotatable bonds is 8. The molecule has 0 aromatic heterocycles. The molecule has 0 atom stereocenters. The average molecular weight is 699 g/mol. The van der Waals surface area contributed by atoms with E-state index >= 15 is 0 Å². The van der Waals surface area contributed by atoms with Gasteiger partial charge in [0.25, 0.3) is 0 Å². The Bertz CT molecular complexity index is 2560. The van der Waals surface area contributed by atoms with E-state index in [0.29, 0.717) is 11.3 Å². The van der Waals surface area contributed by atoms with Crippen molar-refractivity contribution in [2.45, 2.75) is 54.4 Å². The lowest BCUT2D eigenvalue weighted by molar-refractivity contribution is 1.15. The van der Waals surface area contributed by atoms with Crippen LogP contribution in [0.2, 0.25) is 0 Å². The molecule has 4 nitrogen and oxygen atoms in total. The first-order valence-corrected chi connectivity index (χ1v) is 18.7. The van der Waals surface area contributed by atoms with Gasteiger partial charge in [0.15, 0.2) is 5.69 Å². The van der Waals surface area contributed by atoms with Crippen LogP contribution in [0.1, 0.15) is 52.8 Å². The fraction of sp³-hybridized carbons (Fsp3) is 0.160. The highest BCUT2D eigenvalue weighted by molar-refractivity contribution is 6.29. The zero-order valence-electron chi connectivity index (χ0n) is 31.8. The van der Waals surface area contributed by atoms with Crippen LogP contribution >= 0.6 is 0 Å². The van der Waals surface area contributed by atoms with Crippen molar-refractivity contribution in [3.63, 3.8) is 0 Å². The zero-order valence-corrected chi connectivity index (χ0v) is 31.8. The van der Waals surface area contributed by atoms with Crippen LogP contribution in [-0.2, 0) is 12.8 Å². The molecule has 0 unspecified atom stereocenters. The van der Waals surface area contributed by atoms with Crippen LogP contribution in [0.25, 0.3) is 37.2 Å². The first kappa shape index (κ1) is 34.5. The molecule has 0 fully saturated rings. The minimum absolute atomic E-state index is 0.624. The number of hydrogen-bond donors (Lipinski definition) is 0. The minimum atomic E-state index is 0.624. The molecule has 0 radical (unpaired) electrons. The first-order valence-electron chi connectivity index (χ1n) is 18.7. The van der Waals surface area contributed by atoms with E-state index in [1.807, 2.05) is 24.3 Å². The van der Waals surface area contributed by atoms with Crippen molar-refractivity contribution in [3.05, 3.63) is 172 Å². The van der Waals surface area contributed by atoms with Gasteiger partial charge in [-0.1, -0.05) is 62.4 Å². The Morgan fingerprint density at radius 1 is 0.500 bits per heavy atom. The molecule has 8 aromatic carbocycles. The number of aryl methyl sites for hydroxylation is 6. The zero-order chi connectivity index (χ0) is 37.7. The molecule has 0 amide bonds. The van der Waals surface area contributed by atoms with Gasteiger partial charge < -0.3 is 9.80 Å². The molecule has 262 valence electrons. The maximum atomic E-state index is 9.66. The molecule has 54 heavy (non-hydrogen) atoms. The van der Waals surface area contributed by atoms with Gasteiger partial charge in [-0.05, 0) is 168 Å². The number of benzene rings is 8. The van der Waals surface area contributed by atoms with Gasteiger partial charge in [-0.3, -0.25) is 0 Å². The Labute approximate surface area is 318 Å². The Balaban J connectivity index is 1.49. The van der Waals surface area contributed by atoms with Crippen molar-refractivity contribution >= 4 is 72.1 Å². The fourth-order valence-electron chi connectivity index (χ4n) is 8.43. The van der Waals surface area contributed by atoms with Gasteiger partial charge in [0.1, 0.15) is 0 Å². The lowest BCUT2D eigenvalue weighted by Gasteiger charge is -2.31. The van der Waals surface area contributed by atoms with E-state index < -0.39 is 0 Å². The van der Waals surface area contributed by atoms with Crippen molar-refractivity contribution < 1.29 is 0 Å². The second kappa shape index (κ2) is 13.7. The van der Waals surface area contributed by atoms with Crippen molar-refractivity contribution in [3.8, 4) is 6.07 Å². The topological polar surface area (TPSA) is 34.6 Å². The number of anilines is 6. The second-order valence-corrected chi connectivity index (χ2v) is 14.5. The lowest BCUT2D eigenvalue weighted by Crippen LogP contribution is -2.13. The third-order valence-electron chi connectivity index (χ3n) is 10.7. The third-order valence-corrected chi connectivity index (χ3v) is 10.7. The Morgan fingerprint density at radius 3 is 1.26 bits per heavy atom. The van der Waals surface area contributed by atoms with E-state index in [1.165, 1.54) is 65.7 Å². The van der Waals surface area contributed by atoms with E-state index in [2.05, 4.69) is 159 Å². The summed E-state index contributed by atoms with van der Waals surface area (Å²) in [6, 6.07) is 45.7. The van der Waals surface area contributed by atoms with Crippen LogP contribution in [0, 0.1) is 45.6 Å². The summed E-state index contributed by atoms with van der Waals surface area (Å²) in [4.78, 5) is 8.43. The standard InChI is InChI=1S/C50H42N4/c1-8-36-28-47(53(39-14-10-35(30-51)11-15-39)41-24-31(3)22-32(4)25-41)45-20-18-44-37(9-2)29-48(46-21-19-43(36)49(45)50(44)46)54(40-16-12-38(52-7)13-17-40)42-26-33(5)23-34(6)27-42/h10-29H,8-9H2,1-6H3. The van der Waals surface area contributed by atoms with Crippen LogP contribution in [0.15, 0.2) is 121 Å². The predicted octanol–water partition coefficient (Wildman–Crippen LogP) is 14.3. The minimum Gasteiger partial charge on any atom is -0.310 e. The van der Waals surface area contributed by atoms with Crippen LogP contribution < -0.4 is 9.80 Å². The molecule has 0 saturated heterocycles. The molecule has 0 aliphatic heterocycles. The normalized spacial score (nSPS) is 11.3. The van der Waals surface area contributed by atoms with Crippen LogP contribution in [-0.4, -0.2) is 0 Å². The van der Waals surface area contributed by atoms with Gasteiger partial charge in [0.2, 0.25) is 0 Å². The van der Waals surface area contributed by atoms with Crippen molar-refractivity contribution in [2.75, 3.05) is 9.80 Å². The largest absolute Gasteiger partial charge is 0.310 e. The van der Waals surface area contributed by atoms with Crippen LogP contribution in [0.4, 0.5) is 39.8 Å². The molecule has 0 aliphatic carbocycles. The second-order valence-electron chi connectivity index (χ2n) is 14.5. The highest BCUT2D eigenvalue weighted by atomic mass is 15.2. The smallest absolute Gasteiger partial charge is 0.187 e. The summed E-state index contributed by atoms with van der Waals surface area (Å²) in [6.45, 7) is 20.7. The molecule has 0 bridgehead atoms. The number of hydrogen-bond acceptors (Lipinski definition) is 3. The summed E-state index contributed by atoms with van der Waals surface area (Å²) in [5, 5.41) is 17.1. The summed E-state index contributed by atoms with van der Waals surface area (Å²) in [7, 11) is 0. The van der Waals surface area contributed by atoms with Gasteiger partial charge in [-0.15, -0.1) is 0 Å². The Morgan fingerprint density at radius 2 is 0.889 bits per heavy atom. The first-order chi connectivity index (χ1) is 26.2. The van der Waals surface area contributed by atoms with E-state index in [9.17, 15) is 5.26 Å². The summed E-state index contributed by atoms with van der Waals surface area (Å²) in [5.41, 5.74) is 15.1. The lowest BCUT2D eigenvalue weighted by atomic mass is 9.86. The maximum Gasteiger partial charge on any atom is 0.187 e. The molecular weight excluding hydrogens is 657 g/mol. The molecular formula is C50H42N4. The van der Waals surface area contributed by atoms with Gasteiger partial charge in [-0.2, -0.15) is 5.26 Å².